The van der Waals surface area contributed by atoms with Gasteiger partial charge in [-0.05, 0) is 49.0 Å². The maximum atomic E-state index is 13.0. The fraction of sp³-hybridized carbons (Fsp3) is 0.111. The smallest absolute Gasteiger partial charge is 0.255 e. The van der Waals surface area contributed by atoms with Gasteiger partial charge in [0.15, 0.2) is 5.11 Å². The Kier molecular flexibility index (Phi) is 5.73. The third-order valence-electron chi connectivity index (χ3n) is 3.90. The predicted octanol–water partition coefficient (Wildman–Crippen LogP) is 5.08. The highest BCUT2D eigenvalue weighted by atomic mass is 35.5. The molecule has 3 N–H and O–H groups in total. The number of carbonyl (C=O) groups excluding carboxylic acids is 1. The number of thiocarbonyl (C=S) groups is 1. The van der Waals surface area contributed by atoms with Crippen molar-refractivity contribution in [2.75, 3.05) is 5.32 Å². The zero-order chi connectivity index (χ0) is 18.8. The normalized spacial score (nSPS) is 16.8. The van der Waals surface area contributed by atoms with Crippen LogP contribution in [-0.2, 0) is 4.79 Å². The van der Waals surface area contributed by atoms with Crippen molar-refractivity contribution in [2.24, 2.45) is 0 Å². The van der Waals surface area contributed by atoms with Gasteiger partial charge in [-0.1, -0.05) is 53.0 Å². The second-order valence-corrected chi connectivity index (χ2v) is 7.31. The van der Waals surface area contributed by atoms with Crippen molar-refractivity contribution in [3.05, 3.63) is 74.4 Å². The van der Waals surface area contributed by atoms with Gasteiger partial charge in [-0.25, -0.2) is 0 Å². The molecule has 134 valence electrons. The number of amides is 1. The summed E-state index contributed by atoms with van der Waals surface area (Å²) < 4.78 is 0. The Morgan fingerprint density at radius 1 is 1.15 bits per heavy atom. The lowest BCUT2D eigenvalue weighted by Crippen LogP contribution is -2.45. The van der Waals surface area contributed by atoms with Crippen molar-refractivity contribution >= 4 is 63.7 Å². The molecule has 2 aromatic carbocycles. The highest BCUT2D eigenvalue weighted by molar-refractivity contribution is 7.80. The van der Waals surface area contributed by atoms with E-state index in [1.807, 2.05) is 12.1 Å². The Morgan fingerprint density at radius 3 is 2.62 bits per heavy atom. The molecule has 0 bridgehead atoms. The maximum absolute atomic E-state index is 13.0. The van der Waals surface area contributed by atoms with E-state index in [0.717, 1.165) is 5.56 Å². The van der Waals surface area contributed by atoms with E-state index >= 15 is 0 Å². The van der Waals surface area contributed by atoms with E-state index in [2.05, 4.69) is 16.0 Å². The Bertz CT molecular complexity index is 930. The van der Waals surface area contributed by atoms with Crippen LogP contribution < -0.4 is 16.0 Å². The number of rotatable bonds is 3. The van der Waals surface area contributed by atoms with Crippen LogP contribution in [-0.4, -0.2) is 11.0 Å². The van der Waals surface area contributed by atoms with Gasteiger partial charge in [0, 0.05) is 10.7 Å². The van der Waals surface area contributed by atoms with Crippen LogP contribution in [0.25, 0.3) is 0 Å². The van der Waals surface area contributed by atoms with Gasteiger partial charge >= 0.3 is 0 Å². The molecule has 4 nitrogen and oxygen atoms in total. The van der Waals surface area contributed by atoms with E-state index < -0.39 is 6.04 Å². The van der Waals surface area contributed by atoms with Crippen molar-refractivity contribution in [1.29, 1.82) is 0 Å². The Hall–Kier alpha value is -1.79. The summed E-state index contributed by atoms with van der Waals surface area (Å²) in [4.78, 5) is 13.0. The minimum absolute atomic E-state index is 0.285. The van der Waals surface area contributed by atoms with E-state index in [-0.39, 0.29) is 10.9 Å². The first kappa shape index (κ1) is 19.0. The van der Waals surface area contributed by atoms with Crippen molar-refractivity contribution < 1.29 is 4.79 Å². The summed E-state index contributed by atoms with van der Waals surface area (Å²) in [7, 11) is 0. The van der Waals surface area contributed by atoms with E-state index in [1.165, 1.54) is 0 Å². The summed E-state index contributed by atoms with van der Waals surface area (Å²) in [5.74, 6) is -0.320. The van der Waals surface area contributed by atoms with Gasteiger partial charge < -0.3 is 16.0 Å². The van der Waals surface area contributed by atoms with Crippen molar-refractivity contribution in [1.82, 2.24) is 10.6 Å². The number of hydrogen-bond donors (Lipinski definition) is 3. The number of nitrogens with one attached hydrogen (secondary N) is 3. The summed E-state index contributed by atoms with van der Waals surface area (Å²) in [6, 6.07) is 11.9. The van der Waals surface area contributed by atoms with Crippen molar-refractivity contribution in [3.8, 4) is 0 Å². The highest BCUT2D eigenvalue weighted by Crippen LogP contribution is 2.32. The van der Waals surface area contributed by atoms with E-state index in [9.17, 15) is 4.79 Å². The van der Waals surface area contributed by atoms with Gasteiger partial charge in [-0.3, -0.25) is 4.79 Å². The molecule has 8 heteroatoms. The number of allylic oxidation sites excluding steroid dienone is 1. The standard InChI is InChI=1S/C18H14Cl3N3OS/c1-9-14(17(25)23-13-7-3-6-12(20)15(13)21)16(24-18(26)22-9)10-4-2-5-11(19)8-10/h2-8,16H,1H3,(H,23,25)(H2,22,24,26). The second kappa shape index (κ2) is 7.84. The molecule has 0 aliphatic carbocycles. The molecule has 0 fully saturated rings. The first-order valence-electron chi connectivity index (χ1n) is 7.66. The molecule has 3 rings (SSSR count). The number of anilines is 1. The molecule has 1 unspecified atom stereocenters. The number of halogens is 3. The molecule has 2 aromatic rings. The van der Waals surface area contributed by atoms with Crippen molar-refractivity contribution in [3.63, 3.8) is 0 Å². The molecule has 26 heavy (non-hydrogen) atoms. The van der Waals surface area contributed by atoms with Crippen LogP contribution >= 0.6 is 47.0 Å². The minimum Gasteiger partial charge on any atom is -0.351 e. The summed E-state index contributed by atoms with van der Waals surface area (Å²) in [6.45, 7) is 1.79. The Morgan fingerprint density at radius 2 is 1.88 bits per heavy atom. The monoisotopic (exact) mass is 425 g/mol. The van der Waals surface area contributed by atoms with E-state index in [1.54, 1.807) is 37.3 Å². The topological polar surface area (TPSA) is 53.2 Å². The van der Waals surface area contributed by atoms with Crippen LogP contribution in [0.5, 0.6) is 0 Å². The first-order valence-corrected chi connectivity index (χ1v) is 9.20. The third-order valence-corrected chi connectivity index (χ3v) is 5.17. The summed E-state index contributed by atoms with van der Waals surface area (Å²) in [5, 5.41) is 10.6. The van der Waals surface area contributed by atoms with E-state index in [4.69, 9.17) is 47.0 Å². The van der Waals surface area contributed by atoms with Gasteiger partial charge in [0.2, 0.25) is 0 Å². The van der Waals surface area contributed by atoms with Crippen LogP contribution in [0.3, 0.4) is 0 Å². The van der Waals surface area contributed by atoms with Crippen LogP contribution in [0.15, 0.2) is 53.7 Å². The summed E-state index contributed by atoms with van der Waals surface area (Å²) >= 11 is 23.5. The molecular weight excluding hydrogens is 413 g/mol. The number of hydrogen-bond acceptors (Lipinski definition) is 2. The van der Waals surface area contributed by atoms with Crippen LogP contribution in [0.1, 0.15) is 18.5 Å². The zero-order valence-corrected chi connectivity index (χ0v) is 16.7. The molecule has 1 atom stereocenters. The van der Waals surface area contributed by atoms with Crippen LogP contribution in [0.4, 0.5) is 5.69 Å². The lowest BCUT2D eigenvalue weighted by molar-refractivity contribution is -0.113. The molecule has 0 saturated carbocycles. The average Bonchev–Trinajstić information content (AvgIpc) is 2.58. The quantitative estimate of drug-likeness (QED) is 0.599. The SMILES string of the molecule is CC1=C(C(=O)Nc2cccc(Cl)c2Cl)C(c2cccc(Cl)c2)NC(=S)N1. The fourth-order valence-electron chi connectivity index (χ4n) is 2.72. The van der Waals surface area contributed by atoms with Crippen LogP contribution in [0.2, 0.25) is 15.1 Å². The Balaban J connectivity index is 1.98. The minimum atomic E-state index is -0.444. The molecule has 1 amide bonds. The molecule has 0 spiro atoms. The molecule has 1 aliphatic heterocycles. The summed E-state index contributed by atoms with van der Waals surface area (Å²) in [5.41, 5.74) is 2.39. The third kappa shape index (κ3) is 3.96. The van der Waals surface area contributed by atoms with Crippen LogP contribution in [0, 0.1) is 0 Å². The highest BCUT2D eigenvalue weighted by Gasteiger charge is 2.30. The second-order valence-electron chi connectivity index (χ2n) is 5.68. The molecule has 1 heterocycles. The van der Waals surface area contributed by atoms with E-state index in [0.29, 0.717) is 32.1 Å². The molecule has 1 aliphatic rings. The van der Waals surface area contributed by atoms with Gasteiger partial charge in [-0.15, -0.1) is 0 Å². The lowest BCUT2D eigenvalue weighted by Gasteiger charge is -2.30. The lowest BCUT2D eigenvalue weighted by atomic mass is 9.95. The molecular formula is C18H14Cl3N3OS. The fourth-order valence-corrected chi connectivity index (χ4v) is 3.54. The predicted molar refractivity (Wildman–Crippen MR) is 111 cm³/mol. The molecule has 0 saturated heterocycles. The summed E-state index contributed by atoms with van der Waals surface area (Å²) in [6.07, 6.45) is 0. The largest absolute Gasteiger partial charge is 0.351 e. The van der Waals surface area contributed by atoms with Gasteiger partial charge in [-0.2, -0.15) is 0 Å². The van der Waals surface area contributed by atoms with Gasteiger partial charge in [0.05, 0.1) is 27.3 Å². The molecule has 0 aromatic heterocycles. The first-order chi connectivity index (χ1) is 12.4. The maximum Gasteiger partial charge on any atom is 0.255 e. The zero-order valence-electron chi connectivity index (χ0n) is 13.6. The number of carbonyl (C=O) groups is 1. The van der Waals surface area contributed by atoms with Gasteiger partial charge in [0.25, 0.3) is 5.91 Å². The molecule has 0 radical (unpaired) electrons. The number of benzene rings is 2. The average molecular weight is 427 g/mol. The van der Waals surface area contributed by atoms with Gasteiger partial charge in [0.1, 0.15) is 0 Å². The van der Waals surface area contributed by atoms with Crippen molar-refractivity contribution in [2.45, 2.75) is 13.0 Å². The Labute approximate surface area is 171 Å².